The zero-order valence-electron chi connectivity index (χ0n) is 25.4. The number of nitrogens with zero attached hydrogens (tertiary/aromatic N) is 2. The average Bonchev–Trinajstić information content (AvgIpc) is 3.44. The van der Waals surface area contributed by atoms with Crippen LogP contribution < -0.4 is 4.90 Å². The lowest BCUT2D eigenvalue weighted by Crippen LogP contribution is -2.10. The molecule has 0 radical (unpaired) electrons. The molecule has 1 aliphatic carbocycles. The minimum Gasteiger partial charge on any atom is -0.313 e. The van der Waals surface area contributed by atoms with Gasteiger partial charge in [-0.2, -0.15) is 0 Å². The topological polar surface area (TPSA) is 8.17 Å². The molecule has 0 unspecified atom stereocenters. The summed E-state index contributed by atoms with van der Waals surface area (Å²) in [6.45, 7) is 2.15. The van der Waals surface area contributed by atoms with Crippen LogP contribution in [0.3, 0.4) is 0 Å². The Morgan fingerprint density at radius 2 is 1.13 bits per heavy atom. The van der Waals surface area contributed by atoms with E-state index in [4.69, 9.17) is 0 Å². The van der Waals surface area contributed by atoms with Gasteiger partial charge in [0, 0.05) is 39.4 Å². The highest BCUT2D eigenvalue weighted by Gasteiger charge is 2.18. The fourth-order valence-electron chi connectivity index (χ4n) is 6.72. The molecule has 0 aliphatic heterocycles. The first-order valence-corrected chi connectivity index (χ1v) is 15.7. The van der Waals surface area contributed by atoms with E-state index in [1.165, 1.54) is 55.7 Å². The number of fused-ring (bicyclic) bond motifs is 3. The molecule has 0 N–H and O–H groups in total. The van der Waals surface area contributed by atoms with Crippen LogP contribution >= 0.6 is 0 Å². The number of hydrogen-bond donors (Lipinski definition) is 0. The van der Waals surface area contributed by atoms with Crippen molar-refractivity contribution in [2.75, 3.05) is 4.90 Å². The second kappa shape index (κ2) is 11.5. The maximum atomic E-state index is 2.45. The highest BCUT2D eigenvalue weighted by Crippen LogP contribution is 2.38. The molecule has 0 saturated heterocycles. The molecule has 0 spiro atoms. The lowest BCUT2D eigenvalue weighted by Gasteiger charge is -2.26. The summed E-state index contributed by atoms with van der Waals surface area (Å²) in [6, 6.07) is 54.9. The van der Waals surface area contributed by atoms with Crippen LogP contribution in [0.5, 0.6) is 0 Å². The van der Waals surface area contributed by atoms with Crippen molar-refractivity contribution >= 4 is 34.0 Å². The van der Waals surface area contributed by atoms with E-state index in [-0.39, 0.29) is 0 Å². The predicted octanol–water partition coefficient (Wildman–Crippen LogP) is 11.7. The van der Waals surface area contributed by atoms with Crippen molar-refractivity contribution in [1.29, 1.82) is 0 Å². The zero-order valence-corrected chi connectivity index (χ0v) is 25.4. The molecule has 0 atom stereocenters. The molecule has 45 heavy (non-hydrogen) atoms. The Hall–Kier alpha value is -5.60. The quantitative estimate of drug-likeness (QED) is 0.191. The summed E-state index contributed by atoms with van der Waals surface area (Å²) in [5.74, 6) is 0. The van der Waals surface area contributed by atoms with Gasteiger partial charge >= 0.3 is 0 Å². The van der Waals surface area contributed by atoms with Crippen molar-refractivity contribution in [2.24, 2.45) is 0 Å². The summed E-state index contributed by atoms with van der Waals surface area (Å²) in [5, 5.41) is 1.33. The Morgan fingerprint density at radius 3 is 1.80 bits per heavy atom. The zero-order chi connectivity index (χ0) is 30.2. The summed E-state index contributed by atoms with van der Waals surface area (Å²) >= 11 is 0. The van der Waals surface area contributed by atoms with E-state index in [9.17, 15) is 0 Å². The molecule has 1 heterocycles. The smallest absolute Gasteiger partial charge is 0.0537 e. The molecule has 8 rings (SSSR count). The van der Waals surface area contributed by atoms with Crippen LogP contribution in [0.1, 0.15) is 23.2 Å². The standard InChI is InChI=1S/C43H34N2/c1-31-10-9-13-39(30-31)44(36-24-18-33(19-25-36)32-11-3-2-4-12-32)37-26-20-34(21-27-37)35-22-28-38(29-23-35)45-42-16-7-5-14-40(42)41-15-6-8-17-43(41)45/h2-7,9-16,18-30H,8,17H2,1H3. The lowest BCUT2D eigenvalue weighted by atomic mass is 10.0. The Morgan fingerprint density at radius 1 is 0.533 bits per heavy atom. The fourth-order valence-corrected chi connectivity index (χ4v) is 6.72. The second-order valence-electron chi connectivity index (χ2n) is 11.8. The molecular formula is C43H34N2. The monoisotopic (exact) mass is 578 g/mol. The lowest BCUT2D eigenvalue weighted by molar-refractivity contribution is 0.888. The van der Waals surface area contributed by atoms with Crippen LogP contribution in [0.4, 0.5) is 17.1 Å². The van der Waals surface area contributed by atoms with E-state index in [1.807, 2.05) is 0 Å². The van der Waals surface area contributed by atoms with Gasteiger partial charge in [-0.25, -0.2) is 0 Å². The van der Waals surface area contributed by atoms with E-state index >= 15 is 0 Å². The van der Waals surface area contributed by atoms with Gasteiger partial charge in [-0.05, 0) is 102 Å². The van der Waals surface area contributed by atoms with Crippen molar-refractivity contribution in [3.63, 3.8) is 0 Å². The third-order valence-corrected chi connectivity index (χ3v) is 8.93. The summed E-state index contributed by atoms with van der Waals surface area (Å²) in [7, 11) is 0. The highest BCUT2D eigenvalue weighted by atomic mass is 15.1. The summed E-state index contributed by atoms with van der Waals surface area (Å²) < 4.78 is 2.45. The van der Waals surface area contributed by atoms with E-state index in [0.29, 0.717) is 0 Å². The molecule has 216 valence electrons. The van der Waals surface area contributed by atoms with Crippen molar-refractivity contribution < 1.29 is 0 Å². The van der Waals surface area contributed by atoms with E-state index in [1.54, 1.807) is 0 Å². The number of anilines is 3. The molecule has 0 saturated carbocycles. The third kappa shape index (κ3) is 5.05. The largest absolute Gasteiger partial charge is 0.313 e. The molecule has 2 heteroatoms. The Balaban J connectivity index is 1.12. The van der Waals surface area contributed by atoms with Gasteiger partial charge in [0.1, 0.15) is 0 Å². The molecule has 7 aromatic rings. The Bertz CT molecular complexity index is 2130. The van der Waals surface area contributed by atoms with E-state index in [2.05, 4.69) is 180 Å². The Labute approximate surface area is 265 Å². The van der Waals surface area contributed by atoms with Gasteiger partial charge in [-0.3, -0.25) is 0 Å². The maximum Gasteiger partial charge on any atom is 0.0537 e. The summed E-state index contributed by atoms with van der Waals surface area (Å²) in [6.07, 6.45) is 6.75. The number of allylic oxidation sites excluding steroid dienone is 1. The molecule has 0 bridgehead atoms. The van der Waals surface area contributed by atoms with Gasteiger partial charge in [0.15, 0.2) is 0 Å². The van der Waals surface area contributed by atoms with Gasteiger partial charge in [-0.1, -0.05) is 109 Å². The molecule has 6 aromatic carbocycles. The number of benzene rings is 6. The van der Waals surface area contributed by atoms with Gasteiger partial charge in [0.05, 0.1) is 5.52 Å². The van der Waals surface area contributed by atoms with Crippen LogP contribution in [-0.2, 0) is 6.42 Å². The number of rotatable bonds is 6. The first kappa shape index (κ1) is 27.0. The molecule has 1 aromatic heterocycles. The first-order chi connectivity index (χ1) is 22.2. The minimum atomic E-state index is 1.07. The van der Waals surface area contributed by atoms with Gasteiger partial charge in [0.25, 0.3) is 0 Å². The van der Waals surface area contributed by atoms with E-state index in [0.717, 1.165) is 29.9 Å². The van der Waals surface area contributed by atoms with Crippen molar-refractivity contribution in [3.8, 4) is 27.9 Å². The van der Waals surface area contributed by atoms with Gasteiger partial charge in [0.2, 0.25) is 0 Å². The van der Waals surface area contributed by atoms with Crippen molar-refractivity contribution in [3.05, 3.63) is 175 Å². The SMILES string of the molecule is Cc1cccc(N(c2ccc(-c3ccccc3)cc2)c2ccc(-c3ccc(-n4c5c(c6ccccc64)C=CCC5)cc3)cc2)c1. The molecule has 1 aliphatic rings. The fraction of sp³-hybridized carbons (Fsp3) is 0.0698. The van der Waals surface area contributed by atoms with Crippen LogP contribution in [-0.4, -0.2) is 4.57 Å². The van der Waals surface area contributed by atoms with Gasteiger partial charge in [-0.15, -0.1) is 0 Å². The van der Waals surface area contributed by atoms with Crippen molar-refractivity contribution in [2.45, 2.75) is 19.8 Å². The maximum absolute atomic E-state index is 2.45. The highest BCUT2D eigenvalue weighted by molar-refractivity contribution is 5.93. The number of para-hydroxylation sites is 1. The van der Waals surface area contributed by atoms with Crippen LogP contribution in [0.15, 0.2) is 158 Å². The Kier molecular flexibility index (Phi) is 6.88. The van der Waals surface area contributed by atoms with Crippen LogP contribution in [0.25, 0.3) is 44.9 Å². The number of aromatic nitrogens is 1. The first-order valence-electron chi connectivity index (χ1n) is 15.7. The second-order valence-corrected chi connectivity index (χ2v) is 11.8. The van der Waals surface area contributed by atoms with Crippen LogP contribution in [0.2, 0.25) is 0 Å². The summed E-state index contributed by atoms with van der Waals surface area (Å²) in [4.78, 5) is 2.34. The van der Waals surface area contributed by atoms with Gasteiger partial charge < -0.3 is 9.47 Å². The molecule has 0 amide bonds. The molecular weight excluding hydrogens is 544 g/mol. The van der Waals surface area contributed by atoms with Crippen molar-refractivity contribution in [1.82, 2.24) is 4.57 Å². The normalized spacial score (nSPS) is 12.3. The average molecular weight is 579 g/mol. The molecule has 0 fully saturated rings. The minimum absolute atomic E-state index is 1.07. The summed E-state index contributed by atoms with van der Waals surface area (Å²) in [5.41, 5.74) is 14.8. The third-order valence-electron chi connectivity index (χ3n) is 8.93. The number of hydrogen-bond acceptors (Lipinski definition) is 1. The predicted molar refractivity (Wildman–Crippen MR) is 191 cm³/mol. The molecule has 2 nitrogen and oxygen atoms in total. The van der Waals surface area contributed by atoms with E-state index < -0.39 is 0 Å². The van der Waals surface area contributed by atoms with Crippen LogP contribution in [0, 0.1) is 6.92 Å². The number of aryl methyl sites for hydroxylation is 1.